The van der Waals surface area contributed by atoms with Crippen molar-refractivity contribution < 1.29 is 9.53 Å². The number of hydrogen-bond donors (Lipinski definition) is 0. The number of pyridine rings is 1. The number of aromatic nitrogens is 1. The number of fused-ring (bicyclic) bond motifs is 1. The summed E-state index contributed by atoms with van der Waals surface area (Å²) < 4.78 is 5.75. The normalized spacial score (nSPS) is 17.0. The largest absolute Gasteiger partial charge is 0.485 e. The molecule has 1 aliphatic rings. The molecule has 0 spiro atoms. The monoisotopic (exact) mass is 302 g/mol. The van der Waals surface area contributed by atoms with Crippen LogP contribution in [0.15, 0.2) is 42.7 Å². The lowest BCUT2D eigenvalue weighted by molar-refractivity contribution is -0.118. The van der Waals surface area contributed by atoms with Gasteiger partial charge in [-0.1, -0.05) is 23.7 Å². The zero-order chi connectivity index (χ0) is 14.8. The van der Waals surface area contributed by atoms with Crippen LogP contribution in [-0.2, 0) is 11.2 Å². The lowest BCUT2D eigenvalue weighted by atomic mass is 10.1. The highest BCUT2D eigenvalue weighted by Gasteiger charge is 2.28. The molecule has 1 aromatic heterocycles. The van der Waals surface area contributed by atoms with Gasteiger partial charge in [-0.05, 0) is 30.7 Å². The number of halogens is 1. The second-order valence-electron chi connectivity index (χ2n) is 5.06. The minimum atomic E-state index is -0.0877. The Balaban J connectivity index is 1.89. The Bertz CT molecular complexity index is 661. The van der Waals surface area contributed by atoms with E-state index in [1.165, 1.54) is 0 Å². The summed E-state index contributed by atoms with van der Waals surface area (Å²) in [6.07, 6.45) is 3.63. The van der Waals surface area contributed by atoms with Gasteiger partial charge < -0.3 is 9.64 Å². The van der Waals surface area contributed by atoms with E-state index in [-0.39, 0.29) is 12.0 Å². The third kappa shape index (κ3) is 2.85. The molecule has 0 saturated heterocycles. The maximum atomic E-state index is 12.6. The van der Waals surface area contributed by atoms with Gasteiger partial charge in [-0.15, -0.1) is 0 Å². The average molecular weight is 303 g/mol. The third-order valence-electron chi connectivity index (χ3n) is 3.37. The second kappa shape index (κ2) is 5.74. The van der Waals surface area contributed by atoms with Crippen LogP contribution in [0.3, 0.4) is 0 Å². The molecule has 0 N–H and O–H groups in total. The van der Waals surface area contributed by atoms with Crippen molar-refractivity contribution in [3.05, 3.63) is 53.3 Å². The molecule has 1 unspecified atom stereocenters. The van der Waals surface area contributed by atoms with Crippen LogP contribution in [-0.4, -0.2) is 23.5 Å². The highest BCUT2D eigenvalue weighted by molar-refractivity contribution is 6.32. The number of ether oxygens (including phenoxy) is 1. The Morgan fingerprint density at radius 1 is 1.43 bits per heavy atom. The van der Waals surface area contributed by atoms with Gasteiger partial charge in [-0.25, -0.2) is 0 Å². The van der Waals surface area contributed by atoms with E-state index in [2.05, 4.69) is 4.98 Å². The van der Waals surface area contributed by atoms with E-state index in [0.29, 0.717) is 23.7 Å². The van der Waals surface area contributed by atoms with Gasteiger partial charge in [0.15, 0.2) is 5.75 Å². The van der Waals surface area contributed by atoms with Crippen LogP contribution in [0, 0.1) is 0 Å². The fourth-order valence-electron chi connectivity index (χ4n) is 2.43. The van der Waals surface area contributed by atoms with Crippen LogP contribution in [0.25, 0.3) is 0 Å². The van der Waals surface area contributed by atoms with Crippen molar-refractivity contribution in [2.45, 2.75) is 19.4 Å². The minimum Gasteiger partial charge on any atom is -0.485 e. The van der Waals surface area contributed by atoms with E-state index in [4.69, 9.17) is 16.3 Å². The van der Waals surface area contributed by atoms with Gasteiger partial charge in [0.2, 0.25) is 5.91 Å². The Kier molecular flexibility index (Phi) is 3.80. The van der Waals surface area contributed by atoms with E-state index in [0.717, 1.165) is 11.3 Å². The molecule has 1 aliphatic heterocycles. The van der Waals surface area contributed by atoms with Crippen LogP contribution < -0.4 is 9.64 Å². The quantitative estimate of drug-likeness (QED) is 0.856. The SMILES string of the molecule is CC1CN(C(=O)Cc2cccnc2)c2cccc(Cl)c2O1. The Morgan fingerprint density at radius 3 is 3.05 bits per heavy atom. The molecule has 2 heterocycles. The van der Waals surface area contributed by atoms with E-state index in [1.807, 2.05) is 31.2 Å². The molecule has 4 nitrogen and oxygen atoms in total. The number of hydrogen-bond acceptors (Lipinski definition) is 3. The average Bonchev–Trinajstić information content (AvgIpc) is 2.48. The molecule has 3 rings (SSSR count). The summed E-state index contributed by atoms with van der Waals surface area (Å²) in [5.41, 5.74) is 1.62. The number of rotatable bonds is 2. The van der Waals surface area contributed by atoms with Crippen molar-refractivity contribution in [1.82, 2.24) is 4.98 Å². The van der Waals surface area contributed by atoms with Gasteiger partial charge in [0.05, 0.1) is 23.7 Å². The first-order valence-electron chi connectivity index (χ1n) is 6.79. The predicted octanol–water partition coefficient (Wildman–Crippen LogP) is 3.09. The summed E-state index contributed by atoms with van der Waals surface area (Å²) in [5.74, 6) is 0.596. The molecular formula is C16H15ClN2O2. The van der Waals surface area contributed by atoms with Gasteiger partial charge in [0.1, 0.15) is 6.10 Å². The molecule has 0 aliphatic carbocycles. The highest BCUT2D eigenvalue weighted by Crippen LogP contribution is 2.39. The van der Waals surface area contributed by atoms with Crippen LogP contribution in [0.1, 0.15) is 12.5 Å². The van der Waals surface area contributed by atoms with Crippen LogP contribution >= 0.6 is 11.6 Å². The van der Waals surface area contributed by atoms with Gasteiger partial charge in [-0.3, -0.25) is 9.78 Å². The first-order chi connectivity index (χ1) is 10.1. The van der Waals surface area contributed by atoms with Crippen molar-refractivity contribution in [2.75, 3.05) is 11.4 Å². The van der Waals surface area contributed by atoms with Crippen molar-refractivity contribution in [3.8, 4) is 5.75 Å². The van der Waals surface area contributed by atoms with Gasteiger partial charge in [0, 0.05) is 12.4 Å². The second-order valence-corrected chi connectivity index (χ2v) is 5.47. The minimum absolute atomic E-state index is 0.0154. The predicted molar refractivity (Wildman–Crippen MR) is 81.8 cm³/mol. The molecule has 0 bridgehead atoms. The number of para-hydroxylation sites is 1. The summed E-state index contributed by atoms with van der Waals surface area (Å²) in [4.78, 5) is 18.4. The van der Waals surface area contributed by atoms with Gasteiger partial charge in [0.25, 0.3) is 0 Å². The number of carbonyl (C=O) groups excluding carboxylic acids is 1. The molecule has 0 radical (unpaired) electrons. The van der Waals surface area contributed by atoms with Crippen molar-refractivity contribution in [2.24, 2.45) is 0 Å². The van der Waals surface area contributed by atoms with E-state index < -0.39 is 0 Å². The van der Waals surface area contributed by atoms with Crippen LogP contribution in [0.2, 0.25) is 5.02 Å². The zero-order valence-corrected chi connectivity index (χ0v) is 12.4. The van der Waals surface area contributed by atoms with Crippen LogP contribution in [0.5, 0.6) is 5.75 Å². The fourth-order valence-corrected chi connectivity index (χ4v) is 2.64. The molecule has 5 heteroatoms. The van der Waals surface area contributed by atoms with Crippen molar-refractivity contribution in [1.29, 1.82) is 0 Å². The topological polar surface area (TPSA) is 42.4 Å². The van der Waals surface area contributed by atoms with E-state index in [1.54, 1.807) is 23.4 Å². The number of benzene rings is 1. The van der Waals surface area contributed by atoms with Gasteiger partial charge in [-0.2, -0.15) is 0 Å². The molecule has 0 fully saturated rings. The standard InChI is InChI=1S/C16H15ClN2O2/c1-11-10-19(14-6-2-5-13(17)16(14)21-11)15(20)8-12-4-3-7-18-9-12/h2-7,9,11H,8,10H2,1H3. The molecule has 1 amide bonds. The Labute approximate surface area is 128 Å². The number of amides is 1. The maximum absolute atomic E-state index is 12.6. The zero-order valence-electron chi connectivity index (χ0n) is 11.6. The number of anilines is 1. The van der Waals surface area contributed by atoms with E-state index >= 15 is 0 Å². The van der Waals surface area contributed by atoms with E-state index in [9.17, 15) is 4.79 Å². The lowest BCUT2D eigenvalue weighted by Crippen LogP contribution is -2.43. The molecule has 0 saturated carbocycles. The molecule has 1 aromatic carbocycles. The summed E-state index contributed by atoms with van der Waals surface area (Å²) in [5, 5.41) is 0.526. The summed E-state index contributed by atoms with van der Waals surface area (Å²) >= 11 is 6.16. The molecule has 21 heavy (non-hydrogen) atoms. The third-order valence-corrected chi connectivity index (χ3v) is 3.67. The summed E-state index contributed by atoms with van der Waals surface area (Å²) in [6, 6.07) is 9.17. The highest BCUT2D eigenvalue weighted by atomic mass is 35.5. The summed E-state index contributed by atoms with van der Waals surface area (Å²) in [7, 11) is 0. The molecular weight excluding hydrogens is 288 g/mol. The Hall–Kier alpha value is -2.07. The lowest BCUT2D eigenvalue weighted by Gasteiger charge is -2.34. The molecule has 108 valence electrons. The Morgan fingerprint density at radius 2 is 2.29 bits per heavy atom. The number of carbonyl (C=O) groups is 1. The molecule has 2 aromatic rings. The first kappa shape index (κ1) is 13.9. The van der Waals surface area contributed by atoms with Gasteiger partial charge >= 0.3 is 0 Å². The smallest absolute Gasteiger partial charge is 0.231 e. The first-order valence-corrected chi connectivity index (χ1v) is 7.17. The fraction of sp³-hybridized carbons (Fsp3) is 0.250. The number of nitrogens with zero attached hydrogens (tertiary/aromatic N) is 2. The molecule has 1 atom stereocenters. The maximum Gasteiger partial charge on any atom is 0.231 e. The van der Waals surface area contributed by atoms with Crippen LogP contribution in [0.4, 0.5) is 5.69 Å². The van der Waals surface area contributed by atoms with Crippen molar-refractivity contribution in [3.63, 3.8) is 0 Å². The van der Waals surface area contributed by atoms with Crippen molar-refractivity contribution >= 4 is 23.2 Å². The summed E-state index contributed by atoms with van der Waals surface area (Å²) in [6.45, 7) is 2.45.